The van der Waals surface area contributed by atoms with E-state index in [1.54, 1.807) is 18.2 Å². The molecule has 1 fully saturated rings. The summed E-state index contributed by atoms with van der Waals surface area (Å²) in [5, 5.41) is 0.816. The summed E-state index contributed by atoms with van der Waals surface area (Å²) in [6.07, 6.45) is 0. The van der Waals surface area contributed by atoms with Crippen molar-refractivity contribution >= 4 is 45.8 Å². The van der Waals surface area contributed by atoms with Crippen molar-refractivity contribution in [2.75, 3.05) is 31.1 Å². The number of fused-ring (bicyclic) bond motifs is 1. The SMILES string of the molecule is O=C(c1ccc(Cl)c(Cl)c1)N1CCN(c2ccc3[nH]c(=O)[nH]c3c2)CC1. The van der Waals surface area contributed by atoms with Gasteiger partial charge in [0.05, 0.1) is 21.1 Å². The van der Waals surface area contributed by atoms with Gasteiger partial charge in [0.15, 0.2) is 0 Å². The molecule has 0 spiro atoms. The Kier molecular flexibility index (Phi) is 4.38. The number of piperazine rings is 1. The maximum Gasteiger partial charge on any atom is 0.323 e. The van der Waals surface area contributed by atoms with Gasteiger partial charge in [0, 0.05) is 37.4 Å². The molecule has 0 atom stereocenters. The molecule has 1 aromatic heterocycles. The number of amides is 1. The van der Waals surface area contributed by atoms with E-state index in [0.29, 0.717) is 41.8 Å². The molecule has 1 saturated heterocycles. The smallest absolute Gasteiger partial charge is 0.323 e. The molecule has 26 heavy (non-hydrogen) atoms. The minimum absolute atomic E-state index is 0.0476. The van der Waals surface area contributed by atoms with Crippen molar-refractivity contribution in [1.82, 2.24) is 14.9 Å². The lowest BCUT2D eigenvalue weighted by atomic mass is 10.1. The molecule has 2 heterocycles. The van der Waals surface area contributed by atoms with E-state index < -0.39 is 0 Å². The van der Waals surface area contributed by atoms with E-state index in [4.69, 9.17) is 23.2 Å². The summed E-state index contributed by atoms with van der Waals surface area (Å²) >= 11 is 11.9. The zero-order valence-corrected chi connectivity index (χ0v) is 15.3. The Morgan fingerprint density at radius 3 is 2.35 bits per heavy atom. The van der Waals surface area contributed by atoms with Gasteiger partial charge in [-0.1, -0.05) is 23.2 Å². The molecule has 1 aliphatic rings. The molecule has 1 amide bonds. The third-order valence-corrected chi connectivity index (χ3v) is 5.34. The van der Waals surface area contributed by atoms with Crippen molar-refractivity contribution in [2.45, 2.75) is 0 Å². The van der Waals surface area contributed by atoms with Gasteiger partial charge in [-0.05, 0) is 36.4 Å². The first-order chi connectivity index (χ1) is 12.5. The molecule has 4 rings (SSSR count). The van der Waals surface area contributed by atoms with Crippen LogP contribution in [0.15, 0.2) is 41.2 Å². The van der Waals surface area contributed by atoms with E-state index in [-0.39, 0.29) is 11.6 Å². The number of H-pyrrole nitrogens is 2. The van der Waals surface area contributed by atoms with Crippen LogP contribution in [0.1, 0.15) is 10.4 Å². The molecule has 1 aliphatic heterocycles. The molecular weight excluding hydrogens is 375 g/mol. The molecule has 0 unspecified atom stereocenters. The largest absolute Gasteiger partial charge is 0.368 e. The average molecular weight is 391 g/mol. The van der Waals surface area contributed by atoms with Gasteiger partial charge >= 0.3 is 5.69 Å². The van der Waals surface area contributed by atoms with Crippen molar-refractivity contribution < 1.29 is 4.79 Å². The summed E-state index contributed by atoms with van der Waals surface area (Å²) in [7, 11) is 0. The fraction of sp³-hybridized carbons (Fsp3) is 0.222. The van der Waals surface area contributed by atoms with Gasteiger partial charge in [-0.3, -0.25) is 4.79 Å². The highest BCUT2D eigenvalue weighted by molar-refractivity contribution is 6.42. The lowest BCUT2D eigenvalue weighted by Gasteiger charge is -2.36. The second kappa shape index (κ2) is 6.70. The van der Waals surface area contributed by atoms with Gasteiger partial charge in [0.2, 0.25) is 0 Å². The van der Waals surface area contributed by atoms with Gasteiger partial charge in [0.25, 0.3) is 5.91 Å². The number of carbonyl (C=O) groups excluding carboxylic acids is 1. The monoisotopic (exact) mass is 390 g/mol. The summed E-state index contributed by atoms with van der Waals surface area (Å²) in [5.41, 5.74) is 2.91. The van der Waals surface area contributed by atoms with Crippen LogP contribution in [0.5, 0.6) is 0 Å². The lowest BCUT2D eigenvalue weighted by molar-refractivity contribution is 0.0747. The number of benzene rings is 2. The van der Waals surface area contributed by atoms with Crippen molar-refractivity contribution in [3.8, 4) is 0 Å². The number of hydrogen-bond donors (Lipinski definition) is 2. The lowest BCUT2D eigenvalue weighted by Crippen LogP contribution is -2.48. The van der Waals surface area contributed by atoms with Crippen LogP contribution >= 0.6 is 23.2 Å². The summed E-state index contributed by atoms with van der Waals surface area (Å²) in [4.78, 5) is 33.5. The molecule has 134 valence electrons. The standard InChI is InChI=1S/C18H16Cl2N4O2/c19-13-3-1-11(9-14(13)20)17(25)24-7-5-23(6-8-24)12-2-4-15-16(10-12)22-18(26)21-15/h1-4,9-10H,5-8H2,(H2,21,22,26). The highest BCUT2D eigenvalue weighted by Crippen LogP contribution is 2.24. The maximum atomic E-state index is 12.6. The van der Waals surface area contributed by atoms with Crippen LogP contribution in [0.4, 0.5) is 5.69 Å². The van der Waals surface area contributed by atoms with Crippen molar-refractivity contribution in [3.63, 3.8) is 0 Å². The Bertz CT molecular complexity index is 1040. The number of carbonyl (C=O) groups is 1. The molecule has 2 N–H and O–H groups in total. The van der Waals surface area contributed by atoms with Crippen LogP contribution < -0.4 is 10.6 Å². The highest BCUT2D eigenvalue weighted by Gasteiger charge is 2.23. The molecular formula is C18H16Cl2N4O2. The van der Waals surface area contributed by atoms with Crippen LogP contribution in [-0.4, -0.2) is 47.0 Å². The number of nitrogens with one attached hydrogen (secondary N) is 2. The normalized spacial score (nSPS) is 14.8. The van der Waals surface area contributed by atoms with Gasteiger partial charge in [-0.25, -0.2) is 4.79 Å². The first-order valence-electron chi connectivity index (χ1n) is 8.22. The number of aromatic nitrogens is 2. The molecule has 0 saturated carbocycles. The van der Waals surface area contributed by atoms with Crippen LogP contribution in [0.25, 0.3) is 11.0 Å². The molecule has 2 aromatic carbocycles. The Balaban J connectivity index is 1.46. The van der Waals surface area contributed by atoms with Gasteiger partial charge in [-0.2, -0.15) is 0 Å². The molecule has 0 aliphatic carbocycles. The first kappa shape index (κ1) is 17.0. The number of anilines is 1. The summed E-state index contributed by atoms with van der Waals surface area (Å²) in [5.74, 6) is -0.0476. The third-order valence-electron chi connectivity index (χ3n) is 4.60. The molecule has 0 bridgehead atoms. The van der Waals surface area contributed by atoms with Crippen LogP contribution in [0.3, 0.4) is 0 Å². The second-order valence-electron chi connectivity index (χ2n) is 6.22. The minimum Gasteiger partial charge on any atom is -0.368 e. The quantitative estimate of drug-likeness (QED) is 0.705. The van der Waals surface area contributed by atoms with Crippen LogP contribution in [0, 0.1) is 0 Å². The molecule has 6 nitrogen and oxygen atoms in total. The number of hydrogen-bond acceptors (Lipinski definition) is 3. The van der Waals surface area contributed by atoms with Crippen molar-refractivity contribution in [1.29, 1.82) is 0 Å². The third kappa shape index (κ3) is 3.18. The number of nitrogens with zero attached hydrogens (tertiary/aromatic N) is 2. The number of rotatable bonds is 2. The predicted molar refractivity (Wildman–Crippen MR) is 103 cm³/mol. The van der Waals surface area contributed by atoms with Gasteiger partial charge < -0.3 is 19.8 Å². The number of halogens is 2. The van der Waals surface area contributed by atoms with Crippen molar-refractivity contribution in [3.05, 3.63) is 62.5 Å². The van der Waals surface area contributed by atoms with E-state index in [2.05, 4.69) is 14.9 Å². The Morgan fingerprint density at radius 1 is 0.885 bits per heavy atom. The zero-order chi connectivity index (χ0) is 18.3. The van der Waals surface area contributed by atoms with E-state index in [9.17, 15) is 9.59 Å². The zero-order valence-electron chi connectivity index (χ0n) is 13.8. The predicted octanol–water partition coefficient (Wildman–Crippen LogP) is 3.13. The summed E-state index contributed by atoms with van der Waals surface area (Å²) in [6.45, 7) is 2.65. The molecule has 3 aromatic rings. The van der Waals surface area contributed by atoms with Crippen molar-refractivity contribution in [2.24, 2.45) is 0 Å². The number of aromatic amines is 2. The van der Waals surface area contributed by atoms with Gasteiger partial charge in [0.1, 0.15) is 0 Å². The fourth-order valence-electron chi connectivity index (χ4n) is 3.20. The fourth-order valence-corrected chi connectivity index (χ4v) is 3.49. The molecule has 8 heteroatoms. The summed E-state index contributed by atoms with van der Waals surface area (Å²) in [6, 6.07) is 10.7. The topological polar surface area (TPSA) is 72.2 Å². The van der Waals surface area contributed by atoms with E-state index >= 15 is 0 Å². The Morgan fingerprint density at radius 2 is 1.62 bits per heavy atom. The number of imidazole rings is 1. The van der Waals surface area contributed by atoms with E-state index in [0.717, 1.165) is 16.7 Å². The average Bonchev–Trinajstić information content (AvgIpc) is 3.02. The minimum atomic E-state index is -0.214. The van der Waals surface area contributed by atoms with E-state index in [1.165, 1.54) is 0 Å². The summed E-state index contributed by atoms with van der Waals surface area (Å²) < 4.78 is 0. The molecule has 0 radical (unpaired) electrons. The maximum absolute atomic E-state index is 12.6. The Hall–Kier alpha value is -2.44. The van der Waals surface area contributed by atoms with Gasteiger partial charge in [-0.15, -0.1) is 0 Å². The van der Waals surface area contributed by atoms with E-state index in [1.807, 2.05) is 23.1 Å². The second-order valence-corrected chi connectivity index (χ2v) is 7.03. The van der Waals surface area contributed by atoms with Crippen LogP contribution in [0.2, 0.25) is 10.0 Å². The van der Waals surface area contributed by atoms with Crippen LogP contribution in [-0.2, 0) is 0 Å². The first-order valence-corrected chi connectivity index (χ1v) is 8.98. The highest BCUT2D eigenvalue weighted by atomic mass is 35.5. The Labute approximate surface area is 159 Å².